The quantitative estimate of drug-likeness (QED) is 0.929. The molecule has 2 nitrogen and oxygen atoms in total. The first kappa shape index (κ1) is 12.9. The topological polar surface area (TPSA) is 29.3 Å². The van der Waals surface area contributed by atoms with Gasteiger partial charge in [-0.15, -0.1) is 0 Å². The molecule has 0 aromatic heterocycles. The van der Waals surface area contributed by atoms with Crippen molar-refractivity contribution >= 4 is 21.6 Å². The second-order valence-corrected chi connectivity index (χ2v) is 6.09. The SMILES string of the molecule is CC1CN(c2cc(Br)ccc2CCN)CC1C. The Morgan fingerprint density at radius 1 is 1.29 bits per heavy atom. The van der Waals surface area contributed by atoms with Crippen LogP contribution in [0, 0.1) is 11.8 Å². The molecule has 2 atom stereocenters. The maximum Gasteiger partial charge on any atom is 0.0410 e. The fourth-order valence-electron chi connectivity index (χ4n) is 2.52. The summed E-state index contributed by atoms with van der Waals surface area (Å²) in [5.74, 6) is 1.56. The largest absolute Gasteiger partial charge is 0.371 e. The highest BCUT2D eigenvalue weighted by atomic mass is 79.9. The van der Waals surface area contributed by atoms with Gasteiger partial charge in [-0.05, 0) is 42.5 Å². The van der Waals surface area contributed by atoms with Crippen molar-refractivity contribution in [3.8, 4) is 0 Å². The van der Waals surface area contributed by atoms with Gasteiger partial charge in [0.2, 0.25) is 0 Å². The third-order valence-corrected chi connectivity index (χ3v) is 4.28. The average molecular weight is 297 g/mol. The highest BCUT2D eigenvalue weighted by Crippen LogP contribution is 2.32. The molecule has 1 saturated heterocycles. The smallest absolute Gasteiger partial charge is 0.0410 e. The van der Waals surface area contributed by atoms with Crippen LogP contribution in [0.15, 0.2) is 22.7 Å². The highest BCUT2D eigenvalue weighted by Gasteiger charge is 2.27. The summed E-state index contributed by atoms with van der Waals surface area (Å²) in [5, 5.41) is 0. The molecule has 0 amide bonds. The predicted molar refractivity (Wildman–Crippen MR) is 77.4 cm³/mol. The summed E-state index contributed by atoms with van der Waals surface area (Å²) in [6.45, 7) is 7.72. The van der Waals surface area contributed by atoms with E-state index in [4.69, 9.17) is 5.73 Å². The van der Waals surface area contributed by atoms with E-state index in [2.05, 4.69) is 52.9 Å². The van der Waals surface area contributed by atoms with Crippen molar-refractivity contribution in [2.24, 2.45) is 17.6 Å². The van der Waals surface area contributed by atoms with Crippen LogP contribution in [0.2, 0.25) is 0 Å². The van der Waals surface area contributed by atoms with Crippen molar-refractivity contribution < 1.29 is 0 Å². The molecule has 1 aliphatic rings. The first-order chi connectivity index (χ1) is 8.11. The molecule has 2 unspecified atom stereocenters. The Bertz CT molecular complexity index is 382. The molecule has 0 aliphatic carbocycles. The molecule has 2 rings (SSSR count). The molecular formula is C14H21BrN2. The minimum atomic E-state index is 0.716. The summed E-state index contributed by atoms with van der Waals surface area (Å²) < 4.78 is 1.15. The van der Waals surface area contributed by atoms with E-state index in [1.807, 2.05) is 0 Å². The zero-order valence-corrected chi connectivity index (χ0v) is 12.2. The normalized spacial score (nSPS) is 24.4. The van der Waals surface area contributed by atoms with Crippen molar-refractivity contribution in [1.82, 2.24) is 0 Å². The Hall–Kier alpha value is -0.540. The van der Waals surface area contributed by atoms with Gasteiger partial charge in [0, 0.05) is 23.2 Å². The number of hydrogen-bond acceptors (Lipinski definition) is 2. The molecule has 2 N–H and O–H groups in total. The maximum atomic E-state index is 5.69. The van der Waals surface area contributed by atoms with E-state index in [1.165, 1.54) is 11.3 Å². The summed E-state index contributed by atoms with van der Waals surface area (Å²) in [6, 6.07) is 6.53. The van der Waals surface area contributed by atoms with E-state index in [0.717, 1.165) is 35.8 Å². The van der Waals surface area contributed by atoms with E-state index in [0.29, 0.717) is 6.54 Å². The van der Waals surface area contributed by atoms with Gasteiger partial charge in [0.25, 0.3) is 0 Å². The van der Waals surface area contributed by atoms with Crippen molar-refractivity contribution in [2.75, 3.05) is 24.5 Å². The lowest BCUT2D eigenvalue weighted by Crippen LogP contribution is -2.21. The summed E-state index contributed by atoms with van der Waals surface area (Å²) in [4.78, 5) is 2.51. The molecule has 1 aliphatic heterocycles. The van der Waals surface area contributed by atoms with Gasteiger partial charge in [-0.2, -0.15) is 0 Å². The fraction of sp³-hybridized carbons (Fsp3) is 0.571. The van der Waals surface area contributed by atoms with Gasteiger partial charge in [0.15, 0.2) is 0 Å². The molecule has 0 radical (unpaired) electrons. The van der Waals surface area contributed by atoms with Gasteiger partial charge in [0.1, 0.15) is 0 Å². The molecule has 1 aromatic rings. The number of hydrogen-bond donors (Lipinski definition) is 1. The molecule has 1 heterocycles. The van der Waals surface area contributed by atoms with Crippen molar-refractivity contribution in [3.05, 3.63) is 28.2 Å². The van der Waals surface area contributed by atoms with Gasteiger partial charge in [-0.25, -0.2) is 0 Å². The van der Waals surface area contributed by atoms with E-state index in [-0.39, 0.29) is 0 Å². The number of benzene rings is 1. The van der Waals surface area contributed by atoms with Gasteiger partial charge < -0.3 is 10.6 Å². The third-order valence-electron chi connectivity index (χ3n) is 3.79. The van der Waals surface area contributed by atoms with Crippen LogP contribution in [0.5, 0.6) is 0 Å². The Kier molecular flexibility index (Phi) is 4.10. The lowest BCUT2D eigenvalue weighted by molar-refractivity contribution is 0.494. The van der Waals surface area contributed by atoms with E-state index in [9.17, 15) is 0 Å². The minimum Gasteiger partial charge on any atom is -0.371 e. The van der Waals surface area contributed by atoms with Gasteiger partial charge in [-0.3, -0.25) is 0 Å². The van der Waals surface area contributed by atoms with E-state index < -0.39 is 0 Å². The molecule has 94 valence electrons. The Balaban J connectivity index is 2.27. The molecule has 0 saturated carbocycles. The second kappa shape index (κ2) is 5.40. The zero-order chi connectivity index (χ0) is 12.4. The third kappa shape index (κ3) is 2.83. The van der Waals surface area contributed by atoms with Crippen LogP contribution in [0.1, 0.15) is 19.4 Å². The van der Waals surface area contributed by atoms with Crippen LogP contribution in [-0.2, 0) is 6.42 Å². The van der Waals surface area contributed by atoms with Gasteiger partial charge in [-0.1, -0.05) is 35.8 Å². The standard InChI is InChI=1S/C14H21BrN2/c1-10-8-17(9-11(10)2)14-7-13(15)4-3-12(14)5-6-16/h3-4,7,10-11H,5-6,8-9,16H2,1-2H3. The van der Waals surface area contributed by atoms with Gasteiger partial charge in [0.05, 0.1) is 0 Å². The van der Waals surface area contributed by atoms with Crippen LogP contribution >= 0.6 is 15.9 Å². The van der Waals surface area contributed by atoms with Crippen LogP contribution < -0.4 is 10.6 Å². The van der Waals surface area contributed by atoms with Crippen molar-refractivity contribution in [3.63, 3.8) is 0 Å². The zero-order valence-electron chi connectivity index (χ0n) is 10.6. The van der Waals surface area contributed by atoms with Crippen LogP contribution in [0.25, 0.3) is 0 Å². The Morgan fingerprint density at radius 2 is 1.94 bits per heavy atom. The van der Waals surface area contributed by atoms with Crippen molar-refractivity contribution in [2.45, 2.75) is 20.3 Å². The van der Waals surface area contributed by atoms with E-state index >= 15 is 0 Å². The van der Waals surface area contributed by atoms with Crippen LogP contribution in [0.4, 0.5) is 5.69 Å². The predicted octanol–water partition coefficient (Wildman–Crippen LogP) is 3.04. The summed E-state index contributed by atoms with van der Waals surface area (Å²) in [6.07, 6.45) is 0.960. The summed E-state index contributed by atoms with van der Waals surface area (Å²) in [7, 11) is 0. The summed E-state index contributed by atoms with van der Waals surface area (Å²) in [5.41, 5.74) is 8.42. The second-order valence-electron chi connectivity index (χ2n) is 5.17. The number of nitrogens with zero attached hydrogens (tertiary/aromatic N) is 1. The molecule has 17 heavy (non-hydrogen) atoms. The number of anilines is 1. The number of halogens is 1. The Labute approximate surface area is 112 Å². The van der Waals surface area contributed by atoms with Crippen molar-refractivity contribution in [1.29, 1.82) is 0 Å². The molecule has 1 aromatic carbocycles. The van der Waals surface area contributed by atoms with E-state index in [1.54, 1.807) is 0 Å². The first-order valence-electron chi connectivity index (χ1n) is 6.35. The van der Waals surface area contributed by atoms with Crippen LogP contribution in [0.3, 0.4) is 0 Å². The minimum absolute atomic E-state index is 0.716. The molecular weight excluding hydrogens is 276 g/mol. The number of rotatable bonds is 3. The Morgan fingerprint density at radius 3 is 2.53 bits per heavy atom. The molecule has 0 spiro atoms. The molecule has 0 bridgehead atoms. The lowest BCUT2D eigenvalue weighted by Gasteiger charge is -2.22. The highest BCUT2D eigenvalue weighted by molar-refractivity contribution is 9.10. The monoisotopic (exact) mass is 296 g/mol. The maximum absolute atomic E-state index is 5.69. The first-order valence-corrected chi connectivity index (χ1v) is 7.14. The molecule has 1 fully saturated rings. The van der Waals surface area contributed by atoms with Gasteiger partial charge >= 0.3 is 0 Å². The molecule has 3 heteroatoms. The fourth-order valence-corrected chi connectivity index (χ4v) is 2.87. The average Bonchev–Trinajstić information content (AvgIpc) is 2.62. The van der Waals surface area contributed by atoms with Crippen LogP contribution in [-0.4, -0.2) is 19.6 Å². The lowest BCUT2D eigenvalue weighted by atomic mass is 10.0. The number of nitrogens with two attached hydrogens (primary N) is 1. The summed E-state index contributed by atoms with van der Waals surface area (Å²) >= 11 is 3.57.